The van der Waals surface area contributed by atoms with Crippen LogP contribution in [0.15, 0.2) is 59.9 Å². The number of phenols is 1. The average molecular weight is 626 g/mol. The SMILES string of the molecule is CC(C)(CNC(=O)C(F)(F)F)CC(C#N)CCCC(Cc1ccccc1)(c1cccc(N)c1O)C1OC=C(S(=O)(=O)O)O1. The highest BCUT2D eigenvalue weighted by atomic mass is 32.2. The summed E-state index contributed by atoms with van der Waals surface area (Å²) in [6.45, 7) is 2.98. The topological polar surface area (TPSA) is 172 Å². The zero-order valence-electron chi connectivity index (χ0n) is 23.6. The first-order chi connectivity index (χ1) is 20.0. The van der Waals surface area contributed by atoms with Gasteiger partial charge in [-0.05, 0) is 42.7 Å². The van der Waals surface area contributed by atoms with E-state index in [9.17, 15) is 41.3 Å². The van der Waals surface area contributed by atoms with Crippen molar-refractivity contribution in [1.82, 2.24) is 5.32 Å². The van der Waals surface area contributed by atoms with Gasteiger partial charge >= 0.3 is 22.2 Å². The van der Waals surface area contributed by atoms with Crippen molar-refractivity contribution in [2.45, 2.75) is 63.8 Å². The van der Waals surface area contributed by atoms with Crippen molar-refractivity contribution in [2.75, 3.05) is 12.3 Å². The van der Waals surface area contributed by atoms with E-state index >= 15 is 0 Å². The predicted octanol–water partition coefficient (Wildman–Crippen LogP) is 4.92. The zero-order chi connectivity index (χ0) is 32.1. The summed E-state index contributed by atoms with van der Waals surface area (Å²) in [4.78, 5) is 11.3. The van der Waals surface area contributed by atoms with Crippen molar-refractivity contribution in [2.24, 2.45) is 11.3 Å². The van der Waals surface area contributed by atoms with E-state index in [0.717, 1.165) is 11.8 Å². The maximum atomic E-state index is 12.6. The Bertz CT molecular complexity index is 1470. The maximum Gasteiger partial charge on any atom is 0.471 e. The van der Waals surface area contributed by atoms with Gasteiger partial charge in [0.2, 0.25) is 0 Å². The number of hydrogen-bond donors (Lipinski definition) is 4. The molecule has 0 aliphatic carbocycles. The third kappa shape index (κ3) is 8.55. The molecule has 1 aliphatic rings. The summed E-state index contributed by atoms with van der Waals surface area (Å²) in [6.07, 6.45) is -4.53. The standard InChI is InChI=1S/C29H34F3N3O7S/c1-27(2,18-35-25(37)29(30,31)32)14-20(16-33)10-7-13-28(15-19-8-4-3-5-9-19,21-11-6-12-22(34)24(21)36)26-41-17-23(42-26)43(38,39)40/h3-6,8-9,11-12,17,20,26,36H,7,10,13-15,18,34H2,1-2H3,(H,35,37)(H,38,39,40). The minimum absolute atomic E-state index is 0.0495. The zero-order valence-corrected chi connectivity index (χ0v) is 24.4. The Morgan fingerprint density at radius 2 is 1.84 bits per heavy atom. The number of anilines is 1. The number of benzene rings is 2. The number of nitriles is 1. The van der Waals surface area contributed by atoms with Crippen molar-refractivity contribution >= 4 is 21.7 Å². The Balaban J connectivity index is 1.91. The smallest absolute Gasteiger partial charge is 0.471 e. The van der Waals surface area contributed by atoms with Gasteiger partial charge in [0.1, 0.15) is 12.0 Å². The highest BCUT2D eigenvalue weighted by Gasteiger charge is 2.49. The molecular formula is C29H34F3N3O7S. The normalized spacial score (nSPS) is 17.5. The van der Waals surface area contributed by atoms with Gasteiger partial charge in [0, 0.05) is 18.0 Å². The van der Waals surface area contributed by atoms with Crippen LogP contribution in [0.2, 0.25) is 0 Å². The highest BCUT2D eigenvalue weighted by molar-refractivity contribution is 7.89. The van der Waals surface area contributed by atoms with Crippen LogP contribution in [0.5, 0.6) is 5.75 Å². The molecule has 5 N–H and O–H groups in total. The van der Waals surface area contributed by atoms with Crippen molar-refractivity contribution in [1.29, 1.82) is 5.26 Å². The molecule has 1 heterocycles. The quantitative estimate of drug-likeness (QED) is 0.137. The van der Waals surface area contributed by atoms with Crippen LogP contribution in [0.4, 0.5) is 18.9 Å². The van der Waals surface area contributed by atoms with Crippen molar-refractivity contribution in [3.8, 4) is 11.8 Å². The number of alkyl halides is 3. The second-order valence-corrected chi connectivity index (χ2v) is 12.7. The number of nitrogens with two attached hydrogens (primary N) is 1. The molecule has 3 unspecified atom stereocenters. The Hall–Kier alpha value is -3.96. The molecule has 1 amide bonds. The summed E-state index contributed by atoms with van der Waals surface area (Å²) in [6, 6.07) is 15.9. The van der Waals surface area contributed by atoms with Gasteiger partial charge in [-0.15, -0.1) is 0 Å². The molecule has 14 heteroatoms. The molecule has 10 nitrogen and oxygen atoms in total. The molecule has 0 spiro atoms. The number of nitrogens with zero attached hydrogens (tertiary/aromatic N) is 1. The minimum atomic E-state index is -5.02. The second kappa shape index (κ2) is 13.1. The Labute approximate surface area is 248 Å². The van der Waals surface area contributed by atoms with Gasteiger partial charge < -0.3 is 25.6 Å². The number of nitrogens with one attached hydrogen (secondary N) is 1. The molecule has 3 rings (SSSR count). The number of amides is 1. The maximum absolute atomic E-state index is 12.6. The van der Waals surface area contributed by atoms with E-state index in [-0.39, 0.29) is 49.2 Å². The van der Waals surface area contributed by atoms with Crippen LogP contribution < -0.4 is 11.1 Å². The lowest BCUT2D eigenvalue weighted by atomic mass is 9.70. The Morgan fingerprint density at radius 3 is 2.42 bits per heavy atom. The number of ether oxygens (including phenoxy) is 2. The summed E-state index contributed by atoms with van der Waals surface area (Å²) in [5, 5.41) is 22.0. The molecule has 0 saturated carbocycles. The van der Waals surface area contributed by atoms with Crippen LogP contribution in [-0.4, -0.2) is 43.0 Å². The lowest BCUT2D eigenvalue weighted by Gasteiger charge is -2.39. The molecule has 0 radical (unpaired) electrons. The van der Waals surface area contributed by atoms with E-state index in [0.29, 0.717) is 6.42 Å². The number of para-hydroxylation sites is 1. The largest absolute Gasteiger partial charge is 0.505 e. The van der Waals surface area contributed by atoms with Crippen LogP contribution in [-0.2, 0) is 36.2 Å². The lowest BCUT2D eigenvalue weighted by molar-refractivity contribution is -0.174. The van der Waals surface area contributed by atoms with Gasteiger partial charge in [0.15, 0.2) is 0 Å². The molecule has 0 fully saturated rings. The van der Waals surface area contributed by atoms with Crippen LogP contribution in [0.1, 0.15) is 50.7 Å². The summed E-state index contributed by atoms with van der Waals surface area (Å²) in [5.41, 5.74) is 5.00. The van der Waals surface area contributed by atoms with E-state index < -0.39 is 50.3 Å². The molecule has 0 bridgehead atoms. The van der Waals surface area contributed by atoms with E-state index in [1.807, 2.05) is 17.4 Å². The number of aromatic hydroxyl groups is 1. The molecule has 0 saturated heterocycles. The van der Waals surface area contributed by atoms with Crippen molar-refractivity contribution in [3.05, 3.63) is 71.0 Å². The number of carbonyl (C=O) groups is 1. The van der Waals surface area contributed by atoms with E-state index in [1.54, 1.807) is 44.2 Å². The number of halogens is 3. The Kier molecular flexibility index (Phi) is 10.2. The molecule has 3 atom stereocenters. The minimum Gasteiger partial charge on any atom is -0.505 e. The van der Waals surface area contributed by atoms with Gasteiger partial charge in [-0.25, -0.2) is 0 Å². The van der Waals surface area contributed by atoms with E-state index in [4.69, 9.17) is 15.2 Å². The number of hydrogen-bond acceptors (Lipinski definition) is 8. The summed E-state index contributed by atoms with van der Waals surface area (Å²) >= 11 is 0. The van der Waals surface area contributed by atoms with Crippen molar-refractivity contribution < 1.29 is 45.5 Å². The predicted molar refractivity (Wildman–Crippen MR) is 150 cm³/mol. The van der Waals surface area contributed by atoms with Crippen LogP contribution in [0.3, 0.4) is 0 Å². The molecule has 2 aromatic carbocycles. The van der Waals surface area contributed by atoms with Crippen LogP contribution in [0.25, 0.3) is 0 Å². The van der Waals surface area contributed by atoms with E-state index in [2.05, 4.69) is 6.07 Å². The molecule has 1 aliphatic heterocycles. The monoisotopic (exact) mass is 625 g/mol. The summed E-state index contributed by atoms with van der Waals surface area (Å²) in [7, 11) is -4.76. The molecule has 2 aromatic rings. The fourth-order valence-electron chi connectivity index (χ4n) is 5.25. The fraction of sp³-hybridized carbons (Fsp3) is 0.448. The number of nitrogen functional groups attached to an aromatic ring is 1. The van der Waals surface area contributed by atoms with Crippen LogP contribution >= 0.6 is 0 Å². The van der Waals surface area contributed by atoms with Gasteiger partial charge in [0.05, 0.1) is 17.2 Å². The van der Waals surface area contributed by atoms with Gasteiger partial charge in [-0.2, -0.15) is 26.9 Å². The average Bonchev–Trinajstić information content (AvgIpc) is 3.44. The fourth-order valence-corrected chi connectivity index (χ4v) is 5.63. The third-order valence-corrected chi connectivity index (χ3v) is 8.03. The van der Waals surface area contributed by atoms with Gasteiger partial charge in [-0.3, -0.25) is 9.35 Å². The number of phenolic OH excluding ortho intramolecular Hbond substituents is 1. The first-order valence-electron chi connectivity index (χ1n) is 13.3. The highest BCUT2D eigenvalue weighted by Crippen LogP contribution is 2.47. The molecule has 0 aromatic heterocycles. The lowest BCUT2D eigenvalue weighted by Crippen LogP contribution is -2.43. The van der Waals surface area contributed by atoms with Gasteiger partial charge in [-0.1, -0.05) is 62.7 Å². The van der Waals surface area contributed by atoms with Crippen molar-refractivity contribution in [3.63, 3.8) is 0 Å². The molecule has 43 heavy (non-hydrogen) atoms. The first-order valence-corrected chi connectivity index (χ1v) is 14.8. The van der Waals surface area contributed by atoms with Crippen LogP contribution in [0, 0.1) is 22.7 Å². The molecule has 234 valence electrons. The second-order valence-electron chi connectivity index (χ2n) is 11.3. The summed E-state index contributed by atoms with van der Waals surface area (Å²) < 4.78 is 82.4. The van der Waals surface area contributed by atoms with E-state index in [1.165, 1.54) is 6.07 Å². The number of carbonyl (C=O) groups excluding carboxylic acids is 1. The first kappa shape index (κ1) is 33.5. The third-order valence-electron chi connectivity index (χ3n) is 7.32. The molecular weight excluding hydrogens is 591 g/mol. The van der Waals surface area contributed by atoms with Gasteiger partial charge in [0.25, 0.3) is 11.4 Å². The Morgan fingerprint density at radius 1 is 1.16 bits per heavy atom. The summed E-state index contributed by atoms with van der Waals surface area (Å²) in [5.74, 6) is -2.96. The number of rotatable bonds is 13.